The Hall–Kier alpha value is -2.61. The molecule has 1 saturated carbocycles. The van der Waals surface area contributed by atoms with E-state index in [2.05, 4.69) is 9.69 Å². The fourth-order valence-electron chi connectivity index (χ4n) is 4.20. The minimum atomic E-state index is -0.893. The van der Waals surface area contributed by atoms with Gasteiger partial charge < -0.3 is 15.0 Å². The SMILES string of the molecule is COc1ccc([C@@H](C(=O)NC2CCCC2)N(Cc2ccccc2)C(=O)c2nsc(Cl)c2Cl)cc1. The summed E-state index contributed by atoms with van der Waals surface area (Å²) in [5, 5.41) is 3.25. The summed E-state index contributed by atoms with van der Waals surface area (Å²) in [6, 6.07) is 15.9. The predicted octanol–water partition coefficient (Wildman–Crippen LogP) is 5.90. The Bertz CT molecular complexity index is 1130. The molecular weight excluding hydrogens is 493 g/mol. The molecule has 3 aromatic rings. The van der Waals surface area contributed by atoms with Gasteiger partial charge in [-0.05, 0) is 47.6 Å². The number of methoxy groups -OCH3 is 1. The molecule has 2 amide bonds. The Labute approximate surface area is 213 Å². The number of hydrogen-bond donors (Lipinski definition) is 1. The first-order valence-electron chi connectivity index (χ1n) is 11.1. The van der Waals surface area contributed by atoms with Crippen LogP contribution in [-0.2, 0) is 11.3 Å². The number of amides is 2. The highest BCUT2D eigenvalue weighted by atomic mass is 35.5. The highest BCUT2D eigenvalue weighted by Gasteiger charge is 2.35. The van der Waals surface area contributed by atoms with E-state index in [4.69, 9.17) is 27.9 Å². The fourth-order valence-corrected chi connectivity index (χ4v) is 5.19. The van der Waals surface area contributed by atoms with E-state index in [-0.39, 0.29) is 33.5 Å². The molecule has 1 N–H and O–H groups in total. The summed E-state index contributed by atoms with van der Waals surface area (Å²) >= 11 is 13.4. The lowest BCUT2D eigenvalue weighted by atomic mass is 10.0. The molecule has 34 heavy (non-hydrogen) atoms. The molecule has 9 heteroatoms. The summed E-state index contributed by atoms with van der Waals surface area (Å²) in [4.78, 5) is 29.0. The maximum absolute atomic E-state index is 13.8. The van der Waals surface area contributed by atoms with Gasteiger partial charge in [0, 0.05) is 12.6 Å². The maximum Gasteiger partial charge on any atom is 0.276 e. The van der Waals surface area contributed by atoms with Gasteiger partial charge in [0.15, 0.2) is 5.69 Å². The topological polar surface area (TPSA) is 71.5 Å². The van der Waals surface area contributed by atoms with E-state index in [1.54, 1.807) is 31.4 Å². The molecule has 1 fully saturated rings. The highest BCUT2D eigenvalue weighted by Crippen LogP contribution is 2.34. The standard InChI is InChI=1S/C25H25Cl2N3O3S/c1-33-19-13-11-17(12-14-19)22(24(31)28-18-9-5-6-10-18)30(15-16-7-3-2-4-8-16)25(32)21-20(26)23(27)34-29-21/h2-4,7-8,11-14,18,22H,5-6,9-10,15H2,1H3,(H,28,31)/t22-/m0/s1. The zero-order valence-electron chi connectivity index (χ0n) is 18.7. The van der Waals surface area contributed by atoms with E-state index < -0.39 is 11.9 Å². The Kier molecular flexibility index (Phi) is 8.08. The number of carbonyl (C=O) groups is 2. The Morgan fingerprint density at radius 2 is 1.79 bits per heavy atom. The largest absolute Gasteiger partial charge is 0.497 e. The summed E-state index contributed by atoms with van der Waals surface area (Å²) in [7, 11) is 1.58. The molecule has 0 radical (unpaired) electrons. The normalized spacial score (nSPS) is 14.6. The zero-order chi connectivity index (χ0) is 24.1. The molecule has 6 nitrogen and oxygen atoms in total. The Morgan fingerprint density at radius 1 is 1.12 bits per heavy atom. The lowest BCUT2D eigenvalue weighted by Gasteiger charge is -2.32. The Balaban J connectivity index is 1.76. The molecule has 4 rings (SSSR count). The van der Waals surface area contributed by atoms with Crippen molar-refractivity contribution >= 4 is 46.5 Å². The summed E-state index contributed by atoms with van der Waals surface area (Å²) < 4.78 is 9.70. The molecule has 0 bridgehead atoms. The number of nitrogens with zero attached hydrogens (tertiary/aromatic N) is 2. The van der Waals surface area contributed by atoms with Crippen LogP contribution in [0, 0.1) is 0 Å². The summed E-state index contributed by atoms with van der Waals surface area (Å²) in [5.41, 5.74) is 1.58. The average Bonchev–Trinajstić information content (AvgIpc) is 3.49. The van der Waals surface area contributed by atoms with E-state index in [9.17, 15) is 9.59 Å². The minimum absolute atomic E-state index is 0.0415. The van der Waals surface area contributed by atoms with Crippen molar-refractivity contribution in [3.63, 3.8) is 0 Å². The molecule has 178 valence electrons. The number of hydrogen-bond acceptors (Lipinski definition) is 5. The van der Waals surface area contributed by atoms with Crippen LogP contribution in [0.15, 0.2) is 54.6 Å². The first-order valence-corrected chi connectivity index (χ1v) is 12.6. The first kappa shape index (κ1) is 24.5. The van der Waals surface area contributed by atoms with Crippen molar-refractivity contribution in [3.05, 3.63) is 80.8 Å². The molecule has 0 saturated heterocycles. The van der Waals surface area contributed by atoms with E-state index in [1.165, 1.54) is 4.90 Å². The molecule has 1 aromatic heterocycles. The molecule has 2 aromatic carbocycles. The molecule has 1 heterocycles. The van der Waals surface area contributed by atoms with Crippen molar-refractivity contribution in [1.82, 2.24) is 14.6 Å². The van der Waals surface area contributed by atoms with Gasteiger partial charge in [-0.25, -0.2) is 0 Å². The van der Waals surface area contributed by atoms with Crippen molar-refractivity contribution in [2.45, 2.75) is 44.3 Å². The summed E-state index contributed by atoms with van der Waals surface area (Å²) in [6.45, 7) is 0.194. The second-order valence-electron chi connectivity index (χ2n) is 8.20. The van der Waals surface area contributed by atoms with Gasteiger partial charge in [-0.1, -0.05) is 78.5 Å². The van der Waals surface area contributed by atoms with Gasteiger partial charge in [-0.2, -0.15) is 4.37 Å². The van der Waals surface area contributed by atoms with Gasteiger partial charge in [0.05, 0.1) is 7.11 Å². The van der Waals surface area contributed by atoms with Crippen LogP contribution in [0.5, 0.6) is 5.75 Å². The lowest BCUT2D eigenvalue weighted by molar-refractivity contribution is -0.126. The molecule has 1 aliphatic rings. The molecular formula is C25H25Cl2N3O3S. The third-order valence-corrected chi connectivity index (χ3v) is 7.56. The van der Waals surface area contributed by atoms with Crippen molar-refractivity contribution in [2.75, 3.05) is 7.11 Å². The van der Waals surface area contributed by atoms with Gasteiger partial charge >= 0.3 is 0 Å². The van der Waals surface area contributed by atoms with E-state index in [1.807, 2.05) is 30.3 Å². The second-order valence-corrected chi connectivity index (χ2v) is 9.96. The summed E-state index contributed by atoms with van der Waals surface area (Å²) in [5.74, 6) is -0.0350. The number of nitrogens with one attached hydrogen (secondary N) is 1. The summed E-state index contributed by atoms with van der Waals surface area (Å²) in [6.07, 6.45) is 4.03. The first-order chi connectivity index (χ1) is 16.5. The van der Waals surface area contributed by atoms with Crippen LogP contribution in [0.25, 0.3) is 0 Å². The monoisotopic (exact) mass is 517 g/mol. The average molecular weight is 518 g/mol. The molecule has 1 atom stereocenters. The smallest absolute Gasteiger partial charge is 0.276 e. The van der Waals surface area contributed by atoms with Crippen LogP contribution in [-0.4, -0.2) is 34.2 Å². The molecule has 0 spiro atoms. The number of halogens is 2. The number of benzene rings is 2. The van der Waals surface area contributed by atoms with Gasteiger partial charge in [0.25, 0.3) is 5.91 Å². The van der Waals surface area contributed by atoms with Gasteiger partial charge in [0.2, 0.25) is 5.91 Å². The van der Waals surface area contributed by atoms with Crippen molar-refractivity contribution in [1.29, 1.82) is 0 Å². The molecule has 1 aliphatic carbocycles. The van der Waals surface area contributed by atoms with E-state index in [0.29, 0.717) is 11.3 Å². The van der Waals surface area contributed by atoms with E-state index in [0.717, 1.165) is 42.8 Å². The van der Waals surface area contributed by atoms with Gasteiger partial charge in [-0.3, -0.25) is 9.59 Å². The van der Waals surface area contributed by atoms with Gasteiger partial charge in [0.1, 0.15) is 21.2 Å². The third kappa shape index (κ3) is 5.54. The maximum atomic E-state index is 13.8. The molecule has 0 unspecified atom stereocenters. The number of carbonyl (C=O) groups excluding carboxylic acids is 2. The van der Waals surface area contributed by atoms with Crippen molar-refractivity contribution < 1.29 is 14.3 Å². The van der Waals surface area contributed by atoms with Gasteiger partial charge in [-0.15, -0.1) is 0 Å². The third-order valence-electron chi connectivity index (χ3n) is 5.95. The van der Waals surface area contributed by atoms with Crippen LogP contribution in [0.4, 0.5) is 0 Å². The number of aromatic nitrogens is 1. The minimum Gasteiger partial charge on any atom is -0.497 e. The van der Waals surface area contributed by atoms with Crippen LogP contribution in [0.2, 0.25) is 9.36 Å². The predicted molar refractivity (Wildman–Crippen MR) is 135 cm³/mol. The van der Waals surface area contributed by atoms with Crippen LogP contribution >= 0.6 is 34.7 Å². The van der Waals surface area contributed by atoms with E-state index >= 15 is 0 Å². The second kappa shape index (κ2) is 11.2. The lowest BCUT2D eigenvalue weighted by Crippen LogP contribution is -2.46. The molecule has 0 aliphatic heterocycles. The quantitative estimate of drug-likeness (QED) is 0.403. The fraction of sp³-hybridized carbons (Fsp3) is 0.320. The number of ether oxygens (including phenoxy) is 1. The van der Waals surface area contributed by atoms with Crippen LogP contribution in [0.1, 0.15) is 53.3 Å². The van der Waals surface area contributed by atoms with Crippen molar-refractivity contribution in [2.24, 2.45) is 0 Å². The zero-order valence-corrected chi connectivity index (χ0v) is 21.0. The van der Waals surface area contributed by atoms with Crippen LogP contribution in [0.3, 0.4) is 0 Å². The van der Waals surface area contributed by atoms with Crippen LogP contribution < -0.4 is 10.1 Å². The van der Waals surface area contributed by atoms with Crippen molar-refractivity contribution in [3.8, 4) is 5.75 Å². The number of rotatable bonds is 8. The highest BCUT2D eigenvalue weighted by molar-refractivity contribution is 7.11. The Morgan fingerprint density at radius 3 is 2.38 bits per heavy atom.